The van der Waals surface area contributed by atoms with Crippen LogP contribution in [0.5, 0.6) is 0 Å². The lowest BCUT2D eigenvalue weighted by molar-refractivity contribution is 0.584. The molecule has 0 atom stereocenters. The SMILES string of the molecule is NCc1ccc(S(=O)(=O)NCCc2ccc(Br)s2)s1. The van der Waals surface area contributed by atoms with E-state index in [1.165, 1.54) is 11.3 Å². The quantitative estimate of drug-likeness (QED) is 0.808. The maximum atomic E-state index is 12.0. The summed E-state index contributed by atoms with van der Waals surface area (Å²) in [4.78, 5) is 2.01. The second-order valence-electron chi connectivity index (χ2n) is 3.78. The molecule has 19 heavy (non-hydrogen) atoms. The average molecular weight is 381 g/mol. The van der Waals surface area contributed by atoms with E-state index in [0.29, 0.717) is 23.7 Å². The summed E-state index contributed by atoms with van der Waals surface area (Å²) in [5.74, 6) is 0. The minimum atomic E-state index is -3.41. The van der Waals surface area contributed by atoms with E-state index in [0.717, 1.165) is 13.5 Å². The summed E-state index contributed by atoms with van der Waals surface area (Å²) in [7, 11) is -3.41. The molecule has 0 aromatic carbocycles. The molecule has 0 fully saturated rings. The second kappa shape index (κ2) is 6.47. The third kappa shape index (κ3) is 4.11. The highest BCUT2D eigenvalue weighted by Gasteiger charge is 2.15. The molecule has 8 heteroatoms. The number of hydrogen-bond acceptors (Lipinski definition) is 5. The van der Waals surface area contributed by atoms with E-state index in [1.807, 2.05) is 12.1 Å². The summed E-state index contributed by atoms with van der Waals surface area (Å²) in [6.07, 6.45) is 0.685. The number of hydrogen-bond donors (Lipinski definition) is 2. The standard InChI is InChI=1S/C11H13BrN2O2S3/c12-10-3-1-8(17-10)5-6-14-19(15,16)11-4-2-9(7-13)18-11/h1-4,14H,5-7,13H2. The van der Waals surface area contributed by atoms with Gasteiger partial charge in [0.25, 0.3) is 0 Å². The van der Waals surface area contributed by atoms with Crippen molar-refractivity contribution in [2.75, 3.05) is 6.54 Å². The van der Waals surface area contributed by atoms with E-state index >= 15 is 0 Å². The molecule has 104 valence electrons. The van der Waals surface area contributed by atoms with E-state index < -0.39 is 10.0 Å². The van der Waals surface area contributed by atoms with Gasteiger partial charge in [-0.1, -0.05) is 0 Å². The predicted octanol–water partition coefficient (Wildman–Crippen LogP) is 2.55. The Morgan fingerprint density at radius 1 is 1.16 bits per heavy atom. The average Bonchev–Trinajstić information content (AvgIpc) is 2.98. The number of thiophene rings is 2. The molecule has 0 radical (unpaired) electrons. The van der Waals surface area contributed by atoms with Crippen molar-refractivity contribution in [3.8, 4) is 0 Å². The van der Waals surface area contributed by atoms with Gasteiger partial charge in [0.2, 0.25) is 10.0 Å². The smallest absolute Gasteiger partial charge is 0.250 e. The van der Waals surface area contributed by atoms with E-state index in [4.69, 9.17) is 5.73 Å². The van der Waals surface area contributed by atoms with Gasteiger partial charge < -0.3 is 5.73 Å². The fourth-order valence-electron chi connectivity index (χ4n) is 1.48. The zero-order chi connectivity index (χ0) is 13.9. The fraction of sp³-hybridized carbons (Fsp3) is 0.273. The van der Waals surface area contributed by atoms with Crippen LogP contribution in [0, 0.1) is 0 Å². The summed E-state index contributed by atoms with van der Waals surface area (Å²) in [5.41, 5.74) is 5.48. The Bertz CT molecular complexity index is 648. The van der Waals surface area contributed by atoms with Gasteiger partial charge in [-0.25, -0.2) is 13.1 Å². The van der Waals surface area contributed by atoms with Gasteiger partial charge in [0.15, 0.2) is 0 Å². The normalized spacial score (nSPS) is 11.9. The fourth-order valence-corrected chi connectivity index (χ4v) is 5.27. The summed E-state index contributed by atoms with van der Waals surface area (Å²) in [6, 6.07) is 7.29. The highest BCUT2D eigenvalue weighted by molar-refractivity contribution is 9.11. The molecule has 4 nitrogen and oxygen atoms in total. The molecule has 0 amide bonds. The van der Waals surface area contributed by atoms with E-state index in [-0.39, 0.29) is 0 Å². The number of sulfonamides is 1. The largest absolute Gasteiger partial charge is 0.326 e. The van der Waals surface area contributed by atoms with Crippen LogP contribution in [0.3, 0.4) is 0 Å². The Morgan fingerprint density at radius 2 is 1.89 bits per heavy atom. The second-order valence-corrected chi connectivity index (χ2v) is 9.49. The van der Waals surface area contributed by atoms with Gasteiger partial charge in [-0.2, -0.15) is 0 Å². The molecule has 0 unspecified atom stereocenters. The van der Waals surface area contributed by atoms with E-state index in [1.54, 1.807) is 23.5 Å². The van der Waals surface area contributed by atoms with Crippen LogP contribution >= 0.6 is 38.6 Å². The maximum Gasteiger partial charge on any atom is 0.250 e. The lowest BCUT2D eigenvalue weighted by Gasteiger charge is -2.03. The molecule has 2 heterocycles. The van der Waals surface area contributed by atoms with Crippen molar-refractivity contribution in [1.82, 2.24) is 4.72 Å². The zero-order valence-corrected chi connectivity index (χ0v) is 14.0. The van der Waals surface area contributed by atoms with Crippen LogP contribution in [0.25, 0.3) is 0 Å². The third-order valence-corrected chi connectivity index (χ3v) is 7.14. The van der Waals surface area contributed by atoms with Crippen LogP contribution in [0.4, 0.5) is 0 Å². The Hall–Kier alpha value is -0.250. The molecular formula is C11H13BrN2O2S3. The summed E-state index contributed by atoms with van der Waals surface area (Å²) < 4.78 is 28.0. The molecule has 2 aromatic heterocycles. The van der Waals surface area contributed by atoms with Crippen LogP contribution in [0.2, 0.25) is 0 Å². The van der Waals surface area contributed by atoms with Crippen molar-refractivity contribution < 1.29 is 8.42 Å². The van der Waals surface area contributed by atoms with Crippen LogP contribution in [0.15, 0.2) is 32.3 Å². The molecule has 3 N–H and O–H groups in total. The Labute approximate surface area is 128 Å². The van der Waals surface area contributed by atoms with Gasteiger partial charge >= 0.3 is 0 Å². The summed E-state index contributed by atoms with van der Waals surface area (Å²) in [5, 5.41) is 0. The lowest BCUT2D eigenvalue weighted by atomic mass is 10.3. The monoisotopic (exact) mass is 380 g/mol. The number of nitrogens with one attached hydrogen (secondary N) is 1. The first-order valence-corrected chi connectivity index (χ1v) is 9.45. The van der Waals surface area contributed by atoms with Gasteiger partial charge in [0.05, 0.1) is 3.79 Å². The molecule has 0 aliphatic heterocycles. The van der Waals surface area contributed by atoms with Crippen molar-refractivity contribution in [1.29, 1.82) is 0 Å². The lowest BCUT2D eigenvalue weighted by Crippen LogP contribution is -2.25. The van der Waals surface area contributed by atoms with Crippen molar-refractivity contribution in [2.24, 2.45) is 5.73 Å². The maximum absolute atomic E-state index is 12.0. The number of rotatable bonds is 6. The van der Waals surface area contributed by atoms with Crippen molar-refractivity contribution >= 4 is 48.6 Å². The number of halogens is 1. The minimum absolute atomic E-state index is 0.320. The molecule has 0 spiro atoms. The first kappa shape index (κ1) is 15.1. The highest BCUT2D eigenvalue weighted by Crippen LogP contribution is 2.23. The molecule has 0 bridgehead atoms. The molecule has 2 aromatic rings. The van der Waals surface area contributed by atoms with Crippen molar-refractivity contribution in [2.45, 2.75) is 17.2 Å². The first-order valence-electron chi connectivity index (χ1n) is 5.54. The van der Waals surface area contributed by atoms with Gasteiger partial charge in [-0.15, -0.1) is 22.7 Å². The summed E-state index contributed by atoms with van der Waals surface area (Å²) in [6.45, 7) is 0.758. The Morgan fingerprint density at radius 3 is 2.47 bits per heavy atom. The van der Waals surface area contributed by atoms with Gasteiger partial charge in [0, 0.05) is 22.8 Å². The minimum Gasteiger partial charge on any atom is -0.326 e. The van der Waals surface area contributed by atoms with Gasteiger partial charge in [-0.05, 0) is 46.6 Å². The van der Waals surface area contributed by atoms with Crippen LogP contribution in [-0.4, -0.2) is 15.0 Å². The molecule has 0 saturated carbocycles. The van der Waals surface area contributed by atoms with E-state index in [2.05, 4.69) is 20.7 Å². The third-order valence-electron chi connectivity index (χ3n) is 2.40. The highest BCUT2D eigenvalue weighted by atomic mass is 79.9. The van der Waals surface area contributed by atoms with Crippen molar-refractivity contribution in [3.63, 3.8) is 0 Å². The summed E-state index contributed by atoms with van der Waals surface area (Å²) >= 11 is 6.20. The molecule has 0 saturated heterocycles. The topological polar surface area (TPSA) is 72.2 Å². The zero-order valence-electron chi connectivity index (χ0n) is 9.93. The Kier molecular flexibility index (Phi) is 5.15. The molecular weight excluding hydrogens is 368 g/mol. The first-order chi connectivity index (χ1) is 9.01. The molecule has 2 rings (SSSR count). The Balaban J connectivity index is 1.94. The molecule has 0 aliphatic rings. The van der Waals surface area contributed by atoms with E-state index in [9.17, 15) is 8.42 Å². The predicted molar refractivity (Wildman–Crippen MR) is 83.1 cm³/mol. The van der Waals surface area contributed by atoms with Gasteiger partial charge in [-0.3, -0.25) is 0 Å². The van der Waals surface area contributed by atoms with Crippen LogP contribution in [0.1, 0.15) is 9.75 Å². The van der Waals surface area contributed by atoms with Gasteiger partial charge in [0.1, 0.15) is 4.21 Å². The van der Waals surface area contributed by atoms with Crippen LogP contribution in [-0.2, 0) is 23.0 Å². The molecule has 0 aliphatic carbocycles. The number of nitrogens with two attached hydrogens (primary N) is 1. The van der Waals surface area contributed by atoms with Crippen LogP contribution < -0.4 is 10.5 Å². The van der Waals surface area contributed by atoms with Crippen molar-refractivity contribution in [3.05, 3.63) is 37.8 Å².